The minimum Gasteiger partial charge on any atom is -0.359 e. The zero-order chi connectivity index (χ0) is 10.3. The molecule has 0 heterocycles. The average Bonchev–Trinajstić information content (AvgIpc) is 2.11. The molecule has 3 heteroatoms. The molecule has 1 atom stereocenters. The zero-order valence-electron chi connectivity index (χ0n) is 8.76. The van der Waals surface area contributed by atoms with Crippen molar-refractivity contribution in [3.8, 4) is 0 Å². The number of hydrogen-bond donors (Lipinski definition) is 2. The van der Waals surface area contributed by atoms with Gasteiger partial charge in [-0.2, -0.15) is 0 Å². The molecule has 0 spiro atoms. The first kappa shape index (κ1) is 12.1. The monoisotopic (exact) mass is 184 g/mol. The van der Waals surface area contributed by atoms with Gasteiger partial charge in [-0.15, -0.1) is 0 Å². The predicted octanol–water partition coefficient (Wildman–Crippen LogP) is 1.82. The molecule has 0 saturated carbocycles. The highest BCUT2D eigenvalue weighted by molar-refractivity contribution is 5.92. The van der Waals surface area contributed by atoms with E-state index < -0.39 is 0 Å². The molecule has 0 bridgehead atoms. The summed E-state index contributed by atoms with van der Waals surface area (Å²) in [7, 11) is 1.61. The maximum Gasteiger partial charge on any atom is 0.228 e. The highest BCUT2D eigenvalue weighted by Gasteiger charge is 2.13. The van der Waals surface area contributed by atoms with Gasteiger partial charge in [0.25, 0.3) is 0 Å². The maximum absolute atomic E-state index is 11.2. The van der Waals surface area contributed by atoms with Crippen molar-refractivity contribution in [2.24, 2.45) is 11.8 Å². The third-order valence-electron chi connectivity index (χ3n) is 2.08. The summed E-state index contributed by atoms with van der Waals surface area (Å²) in [6.45, 7) is 4.33. The molecule has 0 rings (SSSR count). The first-order valence-corrected chi connectivity index (χ1v) is 4.84. The van der Waals surface area contributed by atoms with Crippen LogP contribution in [0.2, 0.25) is 0 Å². The predicted molar refractivity (Wildman–Crippen MR) is 55.0 cm³/mol. The van der Waals surface area contributed by atoms with Crippen LogP contribution in [0.25, 0.3) is 0 Å². The molecule has 2 N–H and O–H groups in total. The van der Waals surface area contributed by atoms with Gasteiger partial charge >= 0.3 is 0 Å². The van der Waals surface area contributed by atoms with E-state index in [1.165, 1.54) is 6.21 Å². The molecular weight excluding hydrogens is 164 g/mol. The maximum atomic E-state index is 11.2. The van der Waals surface area contributed by atoms with Crippen molar-refractivity contribution in [2.75, 3.05) is 7.05 Å². The van der Waals surface area contributed by atoms with Gasteiger partial charge < -0.3 is 10.7 Å². The molecule has 0 aliphatic rings. The van der Waals surface area contributed by atoms with Crippen LogP contribution in [0.15, 0.2) is 0 Å². The van der Waals surface area contributed by atoms with Crippen molar-refractivity contribution in [2.45, 2.75) is 33.1 Å². The lowest BCUT2D eigenvalue weighted by Gasteiger charge is -2.10. The van der Waals surface area contributed by atoms with E-state index in [4.69, 9.17) is 5.41 Å². The Morgan fingerprint density at radius 3 is 2.46 bits per heavy atom. The lowest BCUT2D eigenvalue weighted by molar-refractivity contribution is -0.122. The fourth-order valence-electron chi connectivity index (χ4n) is 1.22. The Labute approximate surface area is 80.4 Å². The first-order chi connectivity index (χ1) is 6.11. The van der Waals surface area contributed by atoms with E-state index >= 15 is 0 Å². The van der Waals surface area contributed by atoms with E-state index in [1.54, 1.807) is 7.05 Å². The fourth-order valence-corrected chi connectivity index (χ4v) is 1.22. The van der Waals surface area contributed by atoms with E-state index in [0.29, 0.717) is 5.92 Å². The lowest BCUT2D eigenvalue weighted by Crippen LogP contribution is -2.28. The number of carbonyl (C=O) groups excluding carboxylic acids is 1. The van der Waals surface area contributed by atoms with E-state index in [2.05, 4.69) is 19.2 Å². The number of hydrogen-bond acceptors (Lipinski definition) is 2. The second kappa shape index (κ2) is 6.63. The Morgan fingerprint density at radius 1 is 1.46 bits per heavy atom. The van der Waals surface area contributed by atoms with Gasteiger partial charge in [-0.3, -0.25) is 4.79 Å². The van der Waals surface area contributed by atoms with Crippen molar-refractivity contribution in [3.63, 3.8) is 0 Å². The molecule has 0 aliphatic carbocycles. The van der Waals surface area contributed by atoms with Crippen LogP contribution in [0.3, 0.4) is 0 Å². The van der Waals surface area contributed by atoms with E-state index in [9.17, 15) is 4.79 Å². The second-order valence-corrected chi connectivity index (χ2v) is 3.71. The van der Waals surface area contributed by atoms with Crippen LogP contribution >= 0.6 is 0 Å². The van der Waals surface area contributed by atoms with Crippen LogP contribution in [0.5, 0.6) is 0 Å². The smallest absolute Gasteiger partial charge is 0.228 e. The Morgan fingerprint density at radius 2 is 2.08 bits per heavy atom. The second-order valence-electron chi connectivity index (χ2n) is 3.71. The van der Waals surface area contributed by atoms with Crippen molar-refractivity contribution < 1.29 is 4.79 Å². The number of rotatable bonds is 6. The molecule has 0 aromatic carbocycles. The molecule has 13 heavy (non-hydrogen) atoms. The molecule has 0 saturated heterocycles. The van der Waals surface area contributed by atoms with E-state index in [1.807, 2.05) is 0 Å². The molecule has 0 aromatic rings. The molecule has 1 unspecified atom stereocenters. The number of amides is 1. The summed E-state index contributed by atoms with van der Waals surface area (Å²) < 4.78 is 0. The molecule has 3 nitrogen and oxygen atoms in total. The van der Waals surface area contributed by atoms with Gasteiger partial charge in [0.1, 0.15) is 0 Å². The van der Waals surface area contributed by atoms with E-state index in [0.717, 1.165) is 19.3 Å². The van der Waals surface area contributed by atoms with Gasteiger partial charge in [0, 0.05) is 13.3 Å². The van der Waals surface area contributed by atoms with Crippen molar-refractivity contribution in [1.29, 1.82) is 5.41 Å². The summed E-state index contributed by atoms with van der Waals surface area (Å²) in [6, 6.07) is 0. The molecule has 0 fully saturated rings. The summed E-state index contributed by atoms with van der Waals surface area (Å²) in [5.74, 6) is 0.401. The van der Waals surface area contributed by atoms with Crippen LogP contribution in [-0.2, 0) is 4.79 Å². The lowest BCUT2D eigenvalue weighted by atomic mass is 9.98. The normalized spacial score (nSPS) is 12.6. The molecule has 76 valence electrons. The summed E-state index contributed by atoms with van der Waals surface area (Å²) in [5, 5.41) is 9.66. The largest absolute Gasteiger partial charge is 0.359 e. The minimum absolute atomic E-state index is 0.0428. The minimum atomic E-state index is -0.233. The summed E-state index contributed by atoms with van der Waals surface area (Å²) in [5.41, 5.74) is 0. The van der Waals surface area contributed by atoms with Crippen LogP contribution in [0.1, 0.15) is 33.1 Å². The van der Waals surface area contributed by atoms with Gasteiger partial charge in [0.15, 0.2) is 0 Å². The van der Waals surface area contributed by atoms with Crippen LogP contribution in [0.4, 0.5) is 0 Å². The molecule has 0 aliphatic heterocycles. The van der Waals surface area contributed by atoms with Crippen molar-refractivity contribution in [1.82, 2.24) is 5.32 Å². The topological polar surface area (TPSA) is 53.0 Å². The average molecular weight is 184 g/mol. The molecular formula is C10H20N2O. The Balaban J connectivity index is 3.72. The van der Waals surface area contributed by atoms with Crippen LogP contribution in [-0.4, -0.2) is 19.2 Å². The zero-order valence-corrected chi connectivity index (χ0v) is 8.76. The van der Waals surface area contributed by atoms with E-state index in [-0.39, 0.29) is 11.8 Å². The third kappa shape index (κ3) is 5.39. The van der Waals surface area contributed by atoms with Gasteiger partial charge in [-0.1, -0.05) is 26.7 Å². The van der Waals surface area contributed by atoms with Gasteiger partial charge in [-0.05, 0) is 12.3 Å². The van der Waals surface area contributed by atoms with Crippen molar-refractivity contribution in [3.05, 3.63) is 0 Å². The Hall–Kier alpha value is -0.860. The standard InChI is InChI=1S/C10H20N2O/c1-8(2)5-4-6-9(7-11)10(13)12-3/h7-9,11H,4-6H2,1-3H3,(H,12,13). The molecule has 0 radical (unpaired) electrons. The number of carbonyl (C=O) groups is 1. The fraction of sp³-hybridized carbons (Fsp3) is 0.800. The van der Waals surface area contributed by atoms with Gasteiger partial charge in [-0.25, -0.2) is 0 Å². The van der Waals surface area contributed by atoms with Crippen LogP contribution in [0, 0.1) is 17.2 Å². The SMILES string of the molecule is CNC(=O)C(C=N)CCCC(C)C. The third-order valence-corrected chi connectivity index (χ3v) is 2.08. The van der Waals surface area contributed by atoms with Crippen molar-refractivity contribution >= 4 is 12.1 Å². The Bertz CT molecular complexity index is 166. The summed E-state index contributed by atoms with van der Waals surface area (Å²) in [6.07, 6.45) is 4.17. The van der Waals surface area contributed by atoms with Gasteiger partial charge in [0.05, 0.1) is 5.92 Å². The first-order valence-electron chi connectivity index (χ1n) is 4.84. The highest BCUT2D eigenvalue weighted by atomic mass is 16.1. The quantitative estimate of drug-likeness (QED) is 0.608. The number of nitrogens with one attached hydrogen (secondary N) is 2. The Kier molecular flexibility index (Phi) is 6.20. The van der Waals surface area contributed by atoms with Crippen LogP contribution < -0.4 is 5.32 Å². The summed E-state index contributed by atoms with van der Waals surface area (Å²) >= 11 is 0. The molecule has 1 amide bonds. The summed E-state index contributed by atoms with van der Waals surface area (Å²) in [4.78, 5) is 11.2. The van der Waals surface area contributed by atoms with Gasteiger partial charge in [0.2, 0.25) is 5.91 Å². The highest BCUT2D eigenvalue weighted by Crippen LogP contribution is 2.11. The molecule has 0 aromatic heterocycles.